The van der Waals surface area contributed by atoms with Crippen molar-refractivity contribution in [2.45, 2.75) is 32.7 Å². The van der Waals surface area contributed by atoms with Gasteiger partial charge in [0.25, 0.3) is 0 Å². The zero-order valence-corrected chi connectivity index (χ0v) is 12.0. The van der Waals surface area contributed by atoms with Crippen LogP contribution < -0.4 is 5.32 Å². The standard InChI is InChI=1S/C16H21NO3/c1-4-9-17-14(7-8-15(18)19)16(20)13-6-5-11(2)12(3)10-13/h4-6,10,14,17H,1,7-9H2,2-3H3,(H,18,19). The van der Waals surface area contributed by atoms with Crippen LogP contribution in [0.1, 0.15) is 34.3 Å². The van der Waals surface area contributed by atoms with Gasteiger partial charge < -0.3 is 10.4 Å². The number of ketones is 1. The van der Waals surface area contributed by atoms with Gasteiger partial charge in [0, 0.05) is 18.5 Å². The molecule has 0 bridgehead atoms. The molecule has 4 heteroatoms. The average Bonchev–Trinajstić information content (AvgIpc) is 2.41. The van der Waals surface area contributed by atoms with Crippen LogP contribution in [0.25, 0.3) is 0 Å². The Morgan fingerprint density at radius 2 is 2.05 bits per heavy atom. The fourth-order valence-electron chi connectivity index (χ4n) is 1.92. The van der Waals surface area contributed by atoms with E-state index >= 15 is 0 Å². The minimum absolute atomic E-state index is 0.0363. The van der Waals surface area contributed by atoms with Crippen LogP contribution in [0.2, 0.25) is 0 Å². The number of benzene rings is 1. The number of aryl methyl sites for hydroxylation is 2. The maximum atomic E-state index is 12.4. The molecule has 0 aromatic heterocycles. The van der Waals surface area contributed by atoms with E-state index in [0.29, 0.717) is 12.1 Å². The number of hydrogen-bond donors (Lipinski definition) is 2. The van der Waals surface area contributed by atoms with Crippen molar-refractivity contribution < 1.29 is 14.7 Å². The molecule has 1 aromatic carbocycles. The summed E-state index contributed by atoms with van der Waals surface area (Å²) in [6.45, 7) is 8.01. The van der Waals surface area contributed by atoms with Crippen LogP contribution >= 0.6 is 0 Å². The Hall–Kier alpha value is -1.94. The predicted octanol–water partition coefficient (Wildman–Crippen LogP) is 2.50. The van der Waals surface area contributed by atoms with Crippen molar-refractivity contribution in [3.05, 3.63) is 47.5 Å². The first-order chi connectivity index (χ1) is 9.45. The number of aliphatic carboxylic acids is 1. The number of carbonyl (C=O) groups excluding carboxylic acids is 1. The Balaban J connectivity index is 2.87. The van der Waals surface area contributed by atoms with Crippen molar-refractivity contribution in [2.75, 3.05) is 6.54 Å². The topological polar surface area (TPSA) is 66.4 Å². The van der Waals surface area contributed by atoms with E-state index in [1.54, 1.807) is 12.1 Å². The molecular weight excluding hydrogens is 254 g/mol. The minimum Gasteiger partial charge on any atom is -0.481 e. The molecule has 1 rings (SSSR count). The molecule has 0 heterocycles. The van der Waals surface area contributed by atoms with Crippen LogP contribution in [-0.2, 0) is 4.79 Å². The average molecular weight is 275 g/mol. The lowest BCUT2D eigenvalue weighted by Crippen LogP contribution is -2.37. The van der Waals surface area contributed by atoms with E-state index in [2.05, 4.69) is 11.9 Å². The SMILES string of the molecule is C=CCNC(CCC(=O)O)C(=O)c1ccc(C)c(C)c1. The highest BCUT2D eigenvalue weighted by molar-refractivity contribution is 6.00. The highest BCUT2D eigenvalue weighted by Crippen LogP contribution is 2.13. The highest BCUT2D eigenvalue weighted by atomic mass is 16.4. The summed E-state index contributed by atoms with van der Waals surface area (Å²) < 4.78 is 0. The largest absolute Gasteiger partial charge is 0.481 e. The molecule has 2 N–H and O–H groups in total. The first-order valence-electron chi connectivity index (χ1n) is 6.63. The maximum absolute atomic E-state index is 12.4. The van der Waals surface area contributed by atoms with Crippen LogP contribution in [0.3, 0.4) is 0 Å². The lowest BCUT2D eigenvalue weighted by atomic mass is 9.97. The van der Waals surface area contributed by atoms with Crippen LogP contribution in [0.5, 0.6) is 0 Å². The van der Waals surface area contributed by atoms with Crippen molar-refractivity contribution in [3.8, 4) is 0 Å². The lowest BCUT2D eigenvalue weighted by Gasteiger charge is -2.16. The molecule has 108 valence electrons. The summed E-state index contributed by atoms with van der Waals surface area (Å²) in [6.07, 6.45) is 1.89. The first-order valence-corrected chi connectivity index (χ1v) is 6.63. The smallest absolute Gasteiger partial charge is 0.303 e. The molecule has 1 unspecified atom stereocenters. The van der Waals surface area contributed by atoms with Gasteiger partial charge in [-0.25, -0.2) is 0 Å². The Morgan fingerprint density at radius 1 is 1.35 bits per heavy atom. The number of nitrogens with one attached hydrogen (secondary N) is 1. The van der Waals surface area contributed by atoms with E-state index in [1.807, 2.05) is 26.0 Å². The normalized spacial score (nSPS) is 11.9. The van der Waals surface area contributed by atoms with E-state index < -0.39 is 12.0 Å². The summed E-state index contributed by atoms with van der Waals surface area (Å²) in [5, 5.41) is 11.8. The highest BCUT2D eigenvalue weighted by Gasteiger charge is 2.20. The van der Waals surface area contributed by atoms with Crippen molar-refractivity contribution in [3.63, 3.8) is 0 Å². The number of hydrogen-bond acceptors (Lipinski definition) is 3. The minimum atomic E-state index is -0.900. The summed E-state index contributed by atoms with van der Waals surface area (Å²) >= 11 is 0. The van der Waals surface area contributed by atoms with Gasteiger partial charge in [0.05, 0.1) is 6.04 Å². The predicted molar refractivity (Wildman–Crippen MR) is 79.1 cm³/mol. The maximum Gasteiger partial charge on any atom is 0.303 e. The van der Waals surface area contributed by atoms with Gasteiger partial charge >= 0.3 is 5.97 Å². The molecule has 1 atom stereocenters. The van der Waals surface area contributed by atoms with E-state index in [9.17, 15) is 9.59 Å². The molecule has 0 saturated heterocycles. The van der Waals surface area contributed by atoms with Crippen molar-refractivity contribution in [2.24, 2.45) is 0 Å². The number of carboxylic acid groups (broad SMARTS) is 1. The third-order valence-electron chi connectivity index (χ3n) is 3.26. The fraction of sp³-hybridized carbons (Fsp3) is 0.375. The molecule has 0 aliphatic heterocycles. The summed E-state index contributed by atoms with van der Waals surface area (Å²) in [7, 11) is 0. The molecular formula is C16H21NO3. The van der Waals surface area contributed by atoms with Crippen LogP contribution in [-0.4, -0.2) is 29.4 Å². The van der Waals surface area contributed by atoms with E-state index in [0.717, 1.165) is 11.1 Å². The molecule has 0 radical (unpaired) electrons. The third-order valence-corrected chi connectivity index (χ3v) is 3.26. The van der Waals surface area contributed by atoms with Gasteiger partial charge in [-0.05, 0) is 37.5 Å². The number of rotatable bonds is 8. The van der Waals surface area contributed by atoms with Gasteiger partial charge in [0.15, 0.2) is 5.78 Å². The summed E-state index contributed by atoms with van der Waals surface area (Å²) in [4.78, 5) is 23.1. The molecule has 0 fully saturated rings. The molecule has 4 nitrogen and oxygen atoms in total. The van der Waals surface area contributed by atoms with Gasteiger partial charge in [-0.1, -0.05) is 18.2 Å². The van der Waals surface area contributed by atoms with Gasteiger partial charge in [-0.2, -0.15) is 0 Å². The van der Waals surface area contributed by atoms with E-state index in [-0.39, 0.29) is 18.6 Å². The van der Waals surface area contributed by atoms with Crippen LogP contribution in [0, 0.1) is 13.8 Å². The molecule has 0 amide bonds. The molecule has 0 saturated carbocycles. The van der Waals surface area contributed by atoms with Crippen molar-refractivity contribution in [1.82, 2.24) is 5.32 Å². The van der Waals surface area contributed by atoms with E-state index in [1.165, 1.54) is 0 Å². The molecule has 20 heavy (non-hydrogen) atoms. The van der Waals surface area contributed by atoms with Gasteiger partial charge in [-0.15, -0.1) is 6.58 Å². The molecule has 0 spiro atoms. The Kier molecular flexibility index (Phi) is 6.12. The Bertz CT molecular complexity index is 508. The summed E-state index contributed by atoms with van der Waals surface area (Å²) in [5.74, 6) is -0.973. The quantitative estimate of drug-likeness (QED) is 0.565. The van der Waals surface area contributed by atoms with Gasteiger partial charge in [0.1, 0.15) is 0 Å². The number of Topliss-reactive ketones (excluding diaryl/α,β-unsaturated/α-hetero) is 1. The third kappa shape index (κ3) is 4.63. The van der Waals surface area contributed by atoms with Gasteiger partial charge in [-0.3, -0.25) is 9.59 Å². The van der Waals surface area contributed by atoms with Crippen molar-refractivity contribution in [1.29, 1.82) is 0 Å². The zero-order valence-electron chi connectivity index (χ0n) is 12.0. The molecule has 0 aliphatic carbocycles. The van der Waals surface area contributed by atoms with Crippen LogP contribution in [0.15, 0.2) is 30.9 Å². The molecule has 1 aromatic rings. The Labute approximate surface area is 119 Å². The monoisotopic (exact) mass is 275 g/mol. The summed E-state index contributed by atoms with van der Waals surface area (Å²) in [6, 6.07) is 5.05. The summed E-state index contributed by atoms with van der Waals surface area (Å²) in [5.41, 5.74) is 2.79. The van der Waals surface area contributed by atoms with Gasteiger partial charge in [0.2, 0.25) is 0 Å². The Morgan fingerprint density at radius 3 is 2.60 bits per heavy atom. The second-order valence-electron chi connectivity index (χ2n) is 4.85. The van der Waals surface area contributed by atoms with E-state index in [4.69, 9.17) is 5.11 Å². The second-order valence-corrected chi connectivity index (χ2v) is 4.85. The first kappa shape index (κ1) is 16.1. The zero-order chi connectivity index (χ0) is 15.1. The lowest BCUT2D eigenvalue weighted by molar-refractivity contribution is -0.137. The fourth-order valence-corrected chi connectivity index (χ4v) is 1.92. The van der Waals surface area contributed by atoms with Crippen molar-refractivity contribution >= 4 is 11.8 Å². The molecule has 0 aliphatic rings. The number of carboxylic acids is 1. The second kappa shape index (κ2) is 7.60. The van der Waals surface area contributed by atoms with Crippen LogP contribution in [0.4, 0.5) is 0 Å². The number of carbonyl (C=O) groups is 2.